The molecule has 3 N–H and O–H groups in total. The second kappa shape index (κ2) is 10.8. The minimum Gasteiger partial charge on any atom is -0.324 e. The number of nitrogens with one attached hydrogen (secondary N) is 3. The van der Waals surface area contributed by atoms with E-state index in [0.717, 1.165) is 11.3 Å². The lowest BCUT2D eigenvalue weighted by Crippen LogP contribution is -2.34. The van der Waals surface area contributed by atoms with Crippen molar-refractivity contribution >= 4 is 60.1 Å². The van der Waals surface area contributed by atoms with E-state index in [1.54, 1.807) is 30.3 Å². The van der Waals surface area contributed by atoms with Gasteiger partial charge >= 0.3 is 6.03 Å². The molecule has 2 aromatic carbocycles. The van der Waals surface area contributed by atoms with Crippen molar-refractivity contribution in [3.05, 3.63) is 71.5 Å². The molecule has 2 aromatic heterocycles. The van der Waals surface area contributed by atoms with Gasteiger partial charge in [-0.25, -0.2) is 18.2 Å². The van der Waals surface area contributed by atoms with E-state index in [9.17, 15) is 18.0 Å². The molecule has 12 heteroatoms. The standard InChI is InChI=1S/C24H24ClN5O4S2/c1-15(2)26-9-12-36(33,34)17-6-8-20-21(14-17)35-24(27-20)29-23(32)28-22(31)18-13-16(5-7-19(18)25)30-10-3-4-11-30/h3-8,10-11,13-15,26H,9,12H2,1-2H3,(H2,27,28,29,31,32). The van der Waals surface area contributed by atoms with E-state index < -0.39 is 21.8 Å². The Morgan fingerprint density at radius 1 is 1.11 bits per heavy atom. The highest BCUT2D eigenvalue weighted by molar-refractivity contribution is 7.91. The summed E-state index contributed by atoms with van der Waals surface area (Å²) in [4.78, 5) is 29.7. The highest BCUT2D eigenvalue weighted by Crippen LogP contribution is 2.28. The number of hydrogen-bond donors (Lipinski definition) is 3. The second-order valence-electron chi connectivity index (χ2n) is 8.24. The average molecular weight is 546 g/mol. The molecule has 0 saturated heterocycles. The maximum Gasteiger partial charge on any atom is 0.327 e. The van der Waals surface area contributed by atoms with Crippen LogP contribution in [0.3, 0.4) is 0 Å². The lowest BCUT2D eigenvalue weighted by Gasteiger charge is -2.09. The third-order valence-corrected chi connectivity index (χ3v) is 8.16. The second-order valence-corrected chi connectivity index (χ2v) is 11.8. The van der Waals surface area contributed by atoms with Gasteiger partial charge in [0.05, 0.1) is 31.5 Å². The molecule has 9 nitrogen and oxygen atoms in total. The van der Waals surface area contributed by atoms with Crippen molar-refractivity contribution in [2.45, 2.75) is 24.8 Å². The molecule has 0 radical (unpaired) electrons. The number of rotatable bonds is 8. The van der Waals surface area contributed by atoms with E-state index in [0.29, 0.717) is 22.4 Å². The van der Waals surface area contributed by atoms with Gasteiger partial charge in [-0.3, -0.25) is 15.4 Å². The topological polar surface area (TPSA) is 122 Å². The van der Waals surface area contributed by atoms with E-state index >= 15 is 0 Å². The molecule has 4 rings (SSSR count). The minimum atomic E-state index is -3.47. The highest BCUT2D eigenvalue weighted by Gasteiger charge is 2.18. The molecular formula is C24H24ClN5O4S2. The Labute approximate surface area is 217 Å². The quantitative estimate of drug-likeness (QED) is 0.300. The lowest BCUT2D eigenvalue weighted by molar-refractivity contribution is 0.0967. The van der Waals surface area contributed by atoms with Gasteiger partial charge in [-0.1, -0.05) is 36.8 Å². The van der Waals surface area contributed by atoms with Crippen molar-refractivity contribution < 1.29 is 18.0 Å². The molecule has 2 heterocycles. The van der Waals surface area contributed by atoms with E-state index in [2.05, 4.69) is 20.9 Å². The number of carbonyl (C=O) groups is 2. The maximum atomic E-state index is 12.7. The number of hydrogen-bond acceptors (Lipinski definition) is 7. The van der Waals surface area contributed by atoms with Crippen LogP contribution in [0.5, 0.6) is 0 Å². The summed E-state index contributed by atoms with van der Waals surface area (Å²) in [5.41, 5.74) is 1.39. The van der Waals surface area contributed by atoms with Crippen LogP contribution in [0.4, 0.5) is 9.93 Å². The van der Waals surface area contributed by atoms with Crippen LogP contribution in [-0.2, 0) is 9.84 Å². The Morgan fingerprint density at radius 3 is 2.58 bits per heavy atom. The van der Waals surface area contributed by atoms with E-state index in [1.807, 2.05) is 42.9 Å². The van der Waals surface area contributed by atoms with Crippen molar-refractivity contribution in [3.63, 3.8) is 0 Å². The first-order valence-corrected chi connectivity index (χ1v) is 13.9. The van der Waals surface area contributed by atoms with Crippen molar-refractivity contribution in [1.82, 2.24) is 20.2 Å². The van der Waals surface area contributed by atoms with Crippen LogP contribution in [0.1, 0.15) is 24.2 Å². The monoisotopic (exact) mass is 545 g/mol. The maximum absolute atomic E-state index is 12.7. The third-order valence-electron chi connectivity index (χ3n) is 5.19. The summed E-state index contributed by atoms with van der Waals surface area (Å²) in [5.74, 6) is -0.699. The van der Waals surface area contributed by atoms with Gasteiger partial charge < -0.3 is 9.88 Å². The number of benzene rings is 2. The number of imide groups is 1. The molecule has 0 aliphatic carbocycles. The first kappa shape index (κ1) is 25.8. The number of urea groups is 1. The SMILES string of the molecule is CC(C)NCCS(=O)(=O)c1ccc2nc(NC(=O)NC(=O)c3cc(-n4cccc4)ccc3Cl)sc2c1. The van der Waals surface area contributed by atoms with Crippen LogP contribution in [0.15, 0.2) is 65.8 Å². The third kappa shape index (κ3) is 6.11. The van der Waals surface area contributed by atoms with Crippen LogP contribution in [0.2, 0.25) is 5.02 Å². The van der Waals surface area contributed by atoms with Gasteiger partial charge in [0.25, 0.3) is 5.91 Å². The fourth-order valence-electron chi connectivity index (χ4n) is 3.41. The van der Waals surface area contributed by atoms with E-state index in [-0.39, 0.29) is 32.4 Å². The van der Waals surface area contributed by atoms with Gasteiger partial charge in [0, 0.05) is 30.7 Å². The van der Waals surface area contributed by atoms with Gasteiger partial charge in [0.2, 0.25) is 0 Å². The van der Waals surface area contributed by atoms with Crippen LogP contribution in [-0.4, -0.2) is 48.2 Å². The van der Waals surface area contributed by atoms with Crippen molar-refractivity contribution in [3.8, 4) is 5.69 Å². The van der Waals surface area contributed by atoms with Crippen LogP contribution in [0.25, 0.3) is 15.9 Å². The zero-order chi connectivity index (χ0) is 25.9. The molecule has 0 bridgehead atoms. The number of aromatic nitrogens is 2. The number of halogens is 1. The number of carbonyl (C=O) groups excluding carboxylic acids is 2. The lowest BCUT2D eigenvalue weighted by atomic mass is 10.2. The van der Waals surface area contributed by atoms with Gasteiger partial charge in [-0.05, 0) is 48.5 Å². The predicted molar refractivity (Wildman–Crippen MR) is 142 cm³/mol. The van der Waals surface area contributed by atoms with Crippen LogP contribution in [0, 0.1) is 0 Å². The molecule has 0 spiro atoms. The van der Waals surface area contributed by atoms with Gasteiger partial charge in [0.15, 0.2) is 15.0 Å². The van der Waals surface area contributed by atoms with Crippen molar-refractivity contribution in [2.24, 2.45) is 0 Å². The molecule has 0 aliphatic rings. The van der Waals surface area contributed by atoms with Gasteiger partial charge in [0.1, 0.15) is 0 Å². The Bertz CT molecular complexity index is 1510. The zero-order valence-electron chi connectivity index (χ0n) is 19.5. The molecule has 0 saturated carbocycles. The number of thiazole rings is 1. The molecular weight excluding hydrogens is 522 g/mol. The molecule has 188 valence electrons. The molecule has 36 heavy (non-hydrogen) atoms. The molecule has 0 atom stereocenters. The Balaban J connectivity index is 1.44. The van der Waals surface area contributed by atoms with E-state index in [1.165, 1.54) is 6.07 Å². The number of anilines is 1. The largest absolute Gasteiger partial charge is 0.327 e. The zero-order valence-corrected chi connectivity index (χ0v) is 21.9. The summed E-state index contributed by atoms with van der Waals surface area (Å²) in [6, 6.07) is 12.7. The summed E-state index contributed by atoms with van der Waals surface area (Å²) in [6.45, 7) is 4.24. The molecule has 0 fully saturated rings. The fraction of sp³-hybridized carbons (Fsp3) is 0.208. The van der Waals surface area contributed by atoms with Crippen LogP contribution >= 0.6 is 22.9 Å². The van der Waals surface area contributed by atoms with Crippen molar-refractivity contribution in [2.75, 3.05) is 17.6 Å². The number of sulfone groups is 1. The molecule has 4 aromatic rings. The first-order valence-electron chi connectivity index (χ1n) is 11.0. The summed E-state index contributed by atoms with van der Waals surface area (Å²) in [5, 5.41) is 8.30. The fourth-order valence-corrected chi connectivity index (χ4v) is 5.78. The summed E-state index contributed by atoms with van der Waals surface area (Å²) in [6.07, 6.45) is 3.65. The summed E-state index contributed by atoms with van der Waals surface area (Å²) >= 11 is 7.29. The van der Waals surface area contributed by atoms with Crippen molar-refractivity contribution in [1.29, 1.82) is 0 Å². The number of nitrogens with zero attached hydrogens (tertiary/aromatic N) is 2. The molecule has 3 amide bonds. The first-order chi connectivity index (χ1) is 17.1. The summed E-state index contributed by atoms with van der Waals surface area (Å²) < 4.78 is 27.7. The highest BCUT2D eigenvalue weighted by atomic mass is 35.5. The van der Waals surface area contributed by atoms with Crippen LogP contribution < -0.4 is 16.0 Å². The Hall–Kier alpha value is -3.25. The van der Waals surface area contributed by atoms with Gasteiger partial charge in [-0.15, -0.1) is 0 Å². The minimum absolute atomic E-state index is 0.0286. The average Bonchev–Trinajstić information content (AvgIpc) is 3.48. The van der Waals surface area contributed by atoms with Gasteiger partial charge in [-0.2, -0.15) is 0 Å². The predicted octanol–water partition coefficient (Wildman–Crippen LogP) is 4.47. The van der Waals surface area contributed by atoms with E-state index in [4.69, 9.17) is 11.6 Å². The molecule has 0 unspecified atom stereocenters. The number of fused-ring (bicyclic) bond motifs is 1. The normalized spacial score (nSPS) is 11.7. The smallest absolute Gasteiger partial charge is 0.324 e. The Kier molecular flexibility index (Phi) is 7.74. The number of amides is 3. The summed E-state index contributed by atoms with van der Waals surface area (Å²) in [7, 11) is -3.47. The Morgan fingerprint density at radius 2 is 1.86 bits per heavy atom. The molecule has 0 aliphatic heterocycles.